The third kappa shape index (κ3) is 1.80. The molecule has 1 aliphatic rings. The summed E-state index contributed by atoms with van der Waals surface area (Å²) in [6, 6.07) is 2.30. The van der Waals surface area contributed by atoms with Gasteiger partial charge < -0.3 is 5.43 Å². The Kier molecular flexibility index (Phi) is 2.28. The number of allylic oxidation sites excluding steroid dienone is 2. The van der Waals surface area contributed by atoms with Gasteiger partial charge in [0, 0.05) is 5.57 Å². The first-order chi connectivity index (χ1) is 6.88. The van der Waals surface area contributed by atoms with Crippen LogP contribution in [0.2, 0.25) is 0 Å². The molecule has 0 fully saturated rings. The van der Waals surface area contributed by atoms with Gasteiger partial charge in [0.1, 0.15) is 12.7 Å². The van der Waals surface area contributed by atoms with E-state index in [0.717, 1.165) is 6.42 Å². The standard InChI is InChI=1S/C9H9N5/c10-5-8-1-3-9(4-2-8)13-14-6-11-12-7-14/h1-3,6-7,9,13H,4H2. The molecule has 1 aromatic heterocycles. The Morgan fingerprint density at radius 2 is 2.29 bits per heavy atom. The molecule has 2 rings (SSSR count). The van der Waals surface area contributed by atoms with Gasteiger partial charge in [-0.05, 0) is 12.5 Å². The second kappa shape index (κ2) is 3.75. The van der Waals surface area contributed by atoms with Crippen molar-refractivity contribution in [1.82, 2.24) is 14.9 Å². The van der Waals surface area contributed by atoms with E-state index < -0.39 is 0 Å². The van der Waals surface area contributed by atoms with Gasteiger partial charge in [0.2, 0.25) is 0 Å². The molecule has 14 heavy (non-hydrogen) atoms. The quantitative estimate of drug-likeness (QED) is 0.736. The van der Waals surface area contributed by atoms with Gasteiger partial charge in [-0.1, -0.05) is 12.2 Å². The number of nitrogens with one attached hydrogen (secondary N) is 1. The second-order valence-electron chi connectivity index (χ2n) is 2.97. The topological polar surface area (TPSA) is 66.5 Å². The van der Waals surface area contributed by atoms with Gasteiger partial charge in [-0.25, -0.2) is 4.68 Å². The van der Waals surface area contributed by atoms with Crippen LogP contribution in [-0.2, 0) is 0 Å². The molecule has 70 valence electrons. The molecule has 1 unspecified atom stereocenters. The van der Waals surface area contributed by atoms with Gasteiger partial charge in [0.05, 0.1) is 12.1 Å². The second-order valence-corrected chi connectivity index (χ2v) is 2.97. The Morgan fingerprint density at radius 3 is 2.86 bits per heavy atom. The SMILES string of the molecule is N#CC1=CCC(Nn2cnnc2)C=C1. The van der Waals surface area contributed by atoms with Crippen LogP contribution in [-0.4, -0.2) is 20.9 Å². The predicted octanol–water partition coefficient (Wildman–Crippen LogP) is 0.600. The van der Waals surface area contributed by atoms with Crippen molar-refractivity contribution < 1.29 is 0 Å². The molecular weight excluding hydrogens is 178 g/mol. The number of hydrogen-bond acceptors (Lipinski definition) is 4. The van der Waals surface area contributed by atoms with Crippen LogP contribution >= 0.6 is 0 Å². The summed E-state index contributed by atoms with van der Waals surface area (Å²) < 4.78 is 1.69. The zero-order valence-corrected chi connectivity index (χ0v) is 7.46. The summed E-state index contributed by atoms with van der Waals surface area (Å²) in [4.78, 5) is 0. The molecule has 1 aromatic rings. The van der Waals surface area contributed by atoms with Gasteiger partial charge >= 0.3 is 0 Å². The molecule has 1 heterocycles. The van der Waals surface area contributed by atoms with E-state index in [4.69, 9.17) is 5.26 Å². The number of nitrogens with zero attached hydrogens (tertiary/aromatic N) is 4. The van der Waals surface area contributed by atoms with E-state index in [0.29, 0.717) is 5.57 Å². The van der Waals surface area contributed by atoms with Crippen molar-refractivity contribution in [2.75, 3.05) is 5.43 Å². The summed E-state index contributed by atoms with van der Waals surface area (Å²) in [5, 5.41) is 16.0. The van der Waals surface area contributed by atoms with E-state index in [2.05, 4.69) is 21.7 Å². The molecule has 5 heteroatoms. The van der Waals surface area contributed by atoms with Crippen molar-refractivity contribution in [3.8, 4) is 6.07 Å². The summed E-state index contributed by atoms with van der Waals surface area (Å²) in [7, 11) is 0. The van der Waals surface area contributed by atoms with E-state index >= 15 is 0 Å². The molecule has 1 N–H and O–H groups in total. The van der Waals surface area contributed by atoms with Crippen molar-refractivity contribution in [2.45, 2.75) is 12.5 Å². The fourth-order valence-corrected chi connectivity index (χ4v) is 1.26. The van der Waals surface area contributed by atoms with Crippen LogP contribution in [0.3, 0.4) is 0 Å². The fraction of sp³-hybridized carbons (Fsp3) is 0.222. The molecule has 0 bridgehead atoms. The maximum Gasteiger partial charge on any atom is 0.138 e. The highest BCUT2D eigenvalue weighted by molar-refractivity contribution is 5.37. The van der Waals surface area contributed by atoms with Gasteiger partial charge in [0.15, 0.2) is 0 Å². The molecule has 0 aromatic carbocycles. The zero-order chi connectivity index (χ0) is 9.80. The normalized spacial score (nSPS) is 19.9. The van der Waals surface area contributed by atoms with Crippen LogP contribution in [0.25, 0.3) is 0 Å². The molecule has 0 aliphatic heterocycles. The summed E-state index contributed by atoms with van der Waals surface area (Å²) in [5.74, 6) is 0. The van der Waals surface area contributed by atoms with Crippen molar-refractivity contribution in [3.05, 3.63) is 36.5 Å². The van der Waals surface area contributed by atoms with Gasteiger partial charge in [-0.2, -0.15) is 5.26 Å². The molecule has 1 atom stereocenters. The monoisotopic (exact) mass is 187 g/mol. The van der Waals surface area contributed by atoms with E-state index in [1.54, 1.807) is 17.3 Å². The van der Waals surface area contributed by atoms with E-state index in [1.807, 2.05) is 18.2 Å². The van der Waals surface area contributed by atoms with Crippen LogP contribution in [0.15, 0.2) is 36.5 Å². The average molecular weight is 187 g/mol. The van der Waals surface area contributed by atoms with Gasteiger partial charge in [-0.15, -0.1) is 10.2 Å². The highest BCUT2D eigenvalue weighted by Gasteiger charge is 2.07. The third-order valence-corrected chi connectivity index (χ3v) is 1.96. The van der Waals surface area contributed by atoms with E-state index in [1.165, 1.54) is 0 Å². The molecule has 1 aliphatic carbocycles. The van der Waals surface area contributed by atoms with Gasteiger partial charge in [0.25, 0.3) is 0 Å². The Balaban J connectivity index is 1.96. The largest absolute Gasteiger partial charge is 0.316 e. The summed E-state index contributed by atoms with van der Waals surface area (Å²) in [5.41, 5.74) is 3.87. The molecular formula is C9H9N5. The number of hydrogen-bond donors (Lipinski definition) is 1. The first kappa shape index (κ1) is 8.51. The summed E-state index contributed by atoms with van der Waals surface area (Å²) in [6.45, 7) is 0. The summed E-state index contributed by atoms with van der Waals surface area (Å²) in [6.07, 6.45) is 9.67. The predicted molar refractivity (Wildman–Crippen MR) is 50.6 cm³/mol. The van der Waals surface area contributed by atoms with Crippen molar-refractivity contribution in [1.29, 1.82) is 5.26 Å². The lowest BCUT2D eigenvalue weighted by molar-refractivity contribution is 0.732. The first-order valence-electron chi connectivity index (χ1n) is 4.28. The molecule has 0 saturated carbocycles. The molecule has 0 saturated heterocycles. The third-order valence-electron chi connectivity index (χ3n) is 1.96. The van der Waals surface area contributed by atoms with Crippen LogP contribution in [0, 0.1) is 11.3 Å². The lowest BCUT2D eigenvalue weighted by Crippen LogP contribution is -2.25. The highest BCUT2D eigenvalue weighted by atomic mass is 15.5. The van der Waals surface area contributed by atoms with Crippen LogP contribution in [0.4, 0.5) is 0 Å². The van der Waals surface area contributed by atoms with Crippen molar-refractivity contribution >= 4 is 0 Å². The van der Waals surface area contributed by atoms with Crippen molar-refractivity contribution in [2.24, 2.45) is 0 Å². The maximum absolute atomic E-state index is 8.62. The van der Waals surface area contributed by atoms with Crippen LogP contribution < -0.4 is 5.43 Å². The number of aromatic nitrogens is 3. The lowest BCUT2D eigenvalue weighted by atomic mass is 10.0. The van der Waals surface area contributed by atoms with Crippen LogP contribution in [0.5, 0.6) is 0 Å². The molecule has 0 amide bonds. The Labute approximate surface area is 81.3 Å². The summed E-state index contributed by atoms with van der Waals surface area (Å²) >= 11 is 0. The lowest BCUT2D eigenvalue weighted by Gasteiger charge is -2.16. The van der Waals surface area contributed by atoms with E-state index in [-0.39, 0.29) is 6.04 Å². The van der Waals surface area contributed by atoms with Crippen molar-refractivity contribution in [3.63, 3.8) is 0 Å². The zero-order valence-electron chi connectivity index (χ0n) is 7.46. The Bertz CT molecular complexity index is 395. The average Bonchev–Trinajstić information content (AvgIpc) is 2.72. The Hall–Kier alpha value is -2.09. The molecule has 0 spiro atoms. The fourth-order valence-electron chi connectivity index (χ4n) is 1.26. The maximum atomic E-state index is 8.62. The number of nitriles is 1. The molecule has 5 nitrogen and oxygen atoms in total. The van der Waals surface area contributed by atoms with E-state index in [9.17, 15) is 0 Å². The minimum Gasteiger partial charge on any atom is -0.316 e. The smallest absolute Gasteiger partial charge is 0.138 e. The number of rotatable bonds is 2. The first-order valence-corrected chi connectivity index (χ1v) is 4.28. The minimum absolute atomic E-state index is 0.197. The van der Waals surface area contributed by atoms with Gasteiger partial charge in [-0.3, -0.25) is 0 Å². The minimum atomic E-state index is 0.197. The Morgan fingerprint density at radius 1 is 1.50 bits per heavy atom. The highest BCUT2D eigenvalue weighted by Crippen LogP contribution is 2.10. The molecule has 0 radical (unpaired) electrons. The van der Waals surface area contributed by atoms with Crippen LogP contribution in [0.1, 0.15) is 6.42 Å².